The van der Waals surface area contributed by atoms with Crippen molar-refractivity contribution in [2.75, 3.05) is 33.4 Å². The highest BCUT2D eigenvalue weighted by Gasteiger charge is 2.24. The molecule has 0 aromatic heterocycles. The summed E-state index contributed by atoms with van der Waals surface area (Å²) >= 11 is 0. The van der Waals surface area contributed by atoms with Gasteiger partial charge in [0.05, 0.1) is 32.9 Å². The molecule has 1 heterocycles. The summed E-state index contributed by atoms with van der Waals surface area (Å²) in [5.74, 6) is 12.5. The number of hydrazone groups is 1. The standard InChI is InChI=1S/C20H24N4O3/c1-26-20(25)24-10-11-27-18(14-24)12-22-13-19(23-21)17-8-6-16(7-9-17)5-4-15-2-3-15/h6-9,13,15,18H,2-3,10-12,14,21H2,1H3/b22-13?,23-19+. The highest BCUT2D eigenvalue weighted by Crippen LogP contribution is 2.27. The van der Waals surface area contributed by atoms with Gasteiger partial charge in [-0.2, -0.15) is 5.10 Å². The van der Waals surface area contributed by atoms with Crippen molar-refractivity contribution < 1.29 is 14.3 Å². The molecule has 1 amide bonds. The van der Waals surface area contributed by atoms with Crippen LogP contribution in [0.3, 0.4) is 0 Å². The van der Waals surface area contributed by atoms with E-state index in [1.807, 2.05) is 24.3 Å². The summed E-state index contributed by atoms with van der Waals surface area (Å²) in [6.45, 7) is 1.86. The molecule has 1 saturated heterocycles. The van der Waals surface area contributed by atoms with Crippen LogP contribution in [0.2, 0.25) is 0 Å². The summed E-state index contributed by atoms with van der Waals surface area (Å²) in [5, 5.41) is 3.82. The number of hydrogen-bond donors (Lipinski definition) is 1. The normalized spacial score (nSPS) is 20.3. The SMILES string of the molecule is COC(=O)N1CCOC(CN=C/C(=N\N)c2ccc(C#CC3CC3)cc2)C1. The van der Waals surface area contributed by atoms with E-state index < -0.39 is 0 Å². The monoisotopic (exact) mass is 368 g/mol. The van der Waals surface area contributed by atoms with Crippen LogP contribution in [0, 0.1) is 17.8 Å². The van der Waals surface area contributed by atoms with Crippen LogP contribution < -0.4 is 5.84 Å². The first-order chi connectivity index (χ1) is 13.2. The number of benzene rings is 1. The van der Waals surface area contributed by atoms with Gasteiger partial charge in [-0.15, -0.1) is 0 Å². The third-order valence-electron chi connectivity index (χ3n) is 4.41. The second kappa shape index (κ2) is 9.19. The zero-order chi connectivity index (χ0) is 19.1. The third-order valence-corrected chi connectivity index (χ3v) is 4.41. The molecule has 2 N–H and O–H groups in total. The van der Waals surface area contributed by atoms with E-state index in [-0.39, 0.29) is 12.2 Å². The summed E-state index contributed by atoms with van der Waals surface area (Å²) in [4.78, 5) is 17.6. The van der Waals surface area contributed by atoms with E-state index in [1.54, 1.807) is 11.1 Å². The van der Waals surface area contributed by atoms with Gasteiger partial charge in [0, 0.05) is 29.8 Å². The largest absolute Gasteiger partial charge is 0.453 e. The van der Waals surface area contributed by atoms with E-state index in [1.165, 1.54) is 20.0 Å². The molecule has 1 aromatic rings. The minimum atomic E-state index is -0.346. The minimum absolute atomic E-state index is 0.173. The number of nitrogens with two attached hydrogens (primary N) is 1. The van der Waals surface area contributed by atoms with Gasteiger partial charge in [0.25, 0.3) is 0 Å². The topological polar surface area (TPSA) is 89.5 Å². The maximum absolute atomic E-state index is 11.6. The summed E-state index contributed by atoms with van der Waals surface area (Å²) in [7, 11) is 1.37. The maximum atomic E-state index is 11.6. The third kappa shape index (κ3) is 5.56. The smallest absolute Gasteiger partial charge is 0.409 e. The highest BCUT2D eigenvalue weighted by atomic mass is 16.5. The van der Waals surface area contributed by atoms with Gasteiger partial charge < -0.3 is 20.2 Å². The van der Waals surface area contributed by atoms with Gasteiger partial charge in [0.2, 0.25) is 0 Å². The Morgan fingerprint density at radius 3 is 2.85 bits per heavy atom. The van der Waals surface area contributed by atoms with Crippen molar-refractivity contribution in [3.63, 3.8) is 0 Å². The van der Waals surface area contributed by atoms with Crippen molar-refractivity contribution in [1.29, 1.82) is 0 Å². The lowest BCUT2D eigenvalue weighted by Crippen LogP contribution is -2.46. The van der Waals surface area contributed by atoms with Gasteiger partial charge >= 0.3 is 6.09 Å². The molecule has 27 heavy (non-hydrogen) atoms. The molecule has 7 heteroatoms. The predicted molar refractivity (Wildman–Crippen MR) is 104 cm³/mol. The highest BCUT2D eigenvalue weighted by molar-refractivity contribution is 6.38. The van der Waals surface area contributed by atoms with Gasteiger partial charge in [-0.05, 0) is 25.0 Å². The van der Waals surface area contributed by atoms with E-state index in [0.29, 0.717) is 37.9 Å². The van der Waals surface area contributed by atoms with Crippen LogP contribution >= 0.6 is 0 Å². The number of methoxy groups -OCH3 is 1. The van der Waals surface area contributed by atoms with Gasteiger partial charge in [-0.25, -0.2) is 4.79 Å². The molecule has 3 rings (SSSR count). The van der Waals surface area contributed by atoms with E-state index in [9.17, 15) is 4.79 Å². The number of rotatable bonds is 4. The fourth-order valence-electron chi connectivity index (χ4n) is 2.70. The second-order valence-electron chi connectivity index (χ2n) is 6.54. The Balaban J connectivity index is 1.55. The molecule has 1 saturated carbocycles. The first-order valence-corrected chi connectivity index (χ1v) is 9.03. The van der Waals surface area contributed by atoms with Crippen LogP contribution in [0.4, 0.5) is 4.79 Å². The van der Waals surface area contributed by atoms with Crippen LogP contribution in [0.15, 0.2) is 34.4 Å². The van der Waals surface area contributed by atoms with Gasteiger partial charge in [0.15, 0.2) is 0 Å². The average Bonchev–Trinajstić information content (AvgIpc) is 3.54. The van der Waals surface area contributed by atoms with Crippen LogP contribution in [0.1, 0.15) is 24.0 Å². The zero-order valence-corrected chi connectivity index (χ0v) is 15.4. The molecule has 0 spiro atoms. The first-order valence-electron chi connectivity index (χ1n) is 9.03. The van der Waals surface area contributed by atoms with Crippen molar-refractivity contribution >= 4 is 18.0 Å². The molecule has 1 aromatic carbocycles. The Kier molecular flexibility index (Phi) is 6.44. The lowest BCUT2D eigenvalue weighted by molar-refractivity contribution is -0.0192. The number of carbonyl (C=O) groups is 1. The number of nitrogens with zero attached hydrogens (tertiary/aromatic N) is 3. The quantitative estimate of drug-likeness (QED) is 0.379. The van der Waals surface area contributed by atoms with Crippen LogP contribution in [0.25, 0.3) is 0 Å². The van der Waals surface area contributed by atoms with Crippen LogP contribution in [-0.4, -0.2) is 62.4 Å². The fraction of sp³-hybridized carbons (Fsp3) is 0.450. The molecule has 1 atom stereocenters. The Bertz CT molecular complexity index is 773. The lowest BCUT2D eigenvalue weighted by atomic mass is 10.1. The van der Waals surface area contributed by atoms with Crippen molar-refractivity contribution in [2.24, 2.45) is 21.9 Å². The molecular formula is C20H24N4O3. The Labute approximate surface area is 159 Å². The maximum Gasteiger partial charge on any atom is 0.409 e. The second-order valence-corrected chi connectivity index (χ2v) is 6.54. The molecule has 1 unspecified atom stereocenters. The zero-order valence-electron chi connectivity index (χ0n) is 15.4. The Morgan fingerprint density at radius 2 is 2.19 bits per heavy atom. The van der Waals surface area contributed by atoms with E-state index >= 15 is 0 Å². The van der Waals surface area contributed by atoms with E-state index in [2.05, 4.69) is 21.9 Å². The van der Waals surface area contributed by atoms with Crippen LogP contribution in [0.5, 0.6) is 0 Å². The first kappa shape index (κ1) is 18.9. The molecule has 1 aliphatic heterocycles. The number of morpholine rings is 1. The Morgan fingerprint density at radius 1 is 1.41 bits per heavy atom. The number of hydrogen-bond acceptors (Lipinski definition) is 6. The molecule has 0 radical (unpaired) electrons. The summed E-state index contributed by atoms with van der Waals surface area (Å²) < 4.78 is 10.4. The molecular weight excluding hydrogens is 344 g/mol. The number of amides is 1. The lowest BCUT2D eigenvalue weighted by Gasteiger charge is -2.31. The molecule has 2 fully saturated rings. The van der Waals surface area contributed by atoms with Gasteiger partial charge in [-0.3, -0.25) is 4.99 Å². The van der Waals surface area contributed by atoms with Crippen molar-refractivity contribution in [3.8, 4) is 11.8 Å². The van der Waals surface area contributed by atoms with Crippen molar-refractivity contribution in [1.82, 2.24) is 4.90 Å². The van der Waals surface area contributed by atoms with E-state index in [4.69, 9.17) is 15.3 Å². The van der Waals surface area contributed by atoms with Gasteiger partial charge in [-0.1, -0.05) is 24.0 Å². The fourth-order valence-corrected chi connectivity index (χ4v) is 2.70. The Hall–Kier alpha value is -2.85. The molecule has 7 nitrogen and oxygen atoms in total. The van der Waals surface area contributed by atoms with Crippen molar-refractivity contribution in [3.05, 3.63) is 35.4 Å². The van der Waals surface area contributed by atoms with E-state index in [0.717, 1.165) is 11.1 Å². The number of ether oxygens (including phenoxy) is 2. The average molecular weight is 368 g/mol. The summed E-state index contributed by atoms with van der Waals surface area (Å²) in [6, 6.07) is 7.79. The van der Waals surface area contributed by atoms with Gasteiger partial charge in [0.1, 0.15) is 5.71 Å². The summed E-state index contributed by atoms with van der Waals surface area (Å²) in [6.07, 6.45) is 3.54. The predicted octanol–water partition coefficient (Wildman–Crippen LogP) is 1.65. The molecule has 0 bridgehead atoms. The van der Waals surface area contributed by atoms with Crippen LogP contribution in [-0.2, 0) is 9.47 Å². The molecule has 1 aliphatic carbocycles. The molecule has 2 aliphatic rings. The summed E-state index contributed by atoms with van der Waals surface area (Å²) in [5.41, 5.74) is 2.44. The minimum Gasteiger partial charge on any atom is -0.453 e. The number of carbonyl (C=O) groups excluding carboxylic acids is 1. The number of aliphatic imine (C=N–C) groups is 1. The molecule has 142 valence electrons. The van der Waals surface area contributed by atoms with Crippen molar-refractivity contribution in [2.45, 2.75) is 18.9 Å².